The number of halogens is 3. The van der Waals surface area contributed by atoms with E-state index in [9.17, 15) is 17.2 Å². The van der Waals surface area contributed by atoms with Gasteiger partial charge >= 0.3 is 0 Å². The molecule has 1 aromatic carbocycles. The van der Waals surface area contributed by atoms with Crippen LogP contribution in [0.25, 0.3) is 0 Å². The van der Waals surface area contributed by atoms with E-state index in [0.29, 0.717) is 12.7 Å². The summed E-state index contributed by atoms with van der Waals surface area (Å²) in [5, 5.41) is 0. The molecule has 1 unspecified atom stereocenters. The lowest BCUT2D eigenvalue weighted by atomic mass is 10.3. The second-order valence-electron chi connectivity index (χ2n) is 3.88. The van der Waals surface area contributed by atoms with Gasteiger partial charge in [-0.3, -0.25) is 0 Å². The Hall–Kier alpha value is -0.570. The van der Waals surface area contributed by atoms with E-state index in [2.05, 4.69) is 20.7 Å². The van der Waals surface area contributed by atoms with Crippen LogP contribution in [0.3, 0.4) is 0 Å². The highest BCUT2D eigenvalue weighted by Crippen LogP contribution is 2.26. The molecule has 0 saturated carbocycles. The van der Waals surface area contributed by atoms with Crippen molar-refractivity contribution in [1.82, 2.24) is 4.72 Å². The van der Waals surface area contributed by atoms with Gasteiger partial charge in [-0.25, -0.2) is 21.9 Å². The number of sulfonamides is 1. The lowest BCUT2D eigenvalue weighted by Gasteiger charge is -2.15. The van der Waals surface area contributed by atoms with Crippen LogP contribution in [0.15, 0.2) is 21.5 Å². The quantitative estimate of drug-likeness (QED) is 0.850. The standard InChI is InChI=1S/C11H14BrF2NO3S/c1-3-18-6-7(2)15-19(16,17)11-9(12)4-8(13)5-10(11)14/h4-5,7,15H,3,6H2,1-2H3. The van der Waals surface area contributed by atoms with Gasteiger partial charge in [0.1, 0.15) is 16.5 Å². The zero-order valence-electron chi connectivity index (χ0n) is 10.4. The molecule has 4 nitrogen and oxygen atoms in total. The minimum atomic E-state index is -4.09. The van der Waals surface area contributed by atoms with Gasteiger partial charge in [0.25, 0.3) is 0 Å². The van der Waals surface area contributed by atoms with Gasteiger partial charge in [-0.15, -0.1) is 0 Å². The predicted molar refractivity (Wildman–Crippen MR) is 70.3 cm³/mol. The minimum absolute atomic E-state index is 0.163. The number of nitrogens with one attached hydrogen (secondary N) is 1. The largest absolute Gasteiger partial charge is 0.380 e. The highest BCUT2D eigenvalue weighted by atomic mass is 79.9. The monoisotopic (exact) mass is 357 g/mol. The summed E-state index contributed by atoms with van der Waals surface area (Å²) in [5.41, 5.74) is 0. The molecule has 0 aromatic heterocycles. The van der Waals surface area contributed by atoms with Crippen LogP contribution in [0, 0.1) is 11.6 Å². The molecule has 0 spiro atoms. The van der Waals surface area contributed by atoms with Crippen LogP contribution >= 0.6 is 15.9 Å². The smallest absolute Gasteiger partial charge is 0.244 e. The van der Waals surface area contributed by atoms with E-state index in [1.54, 1.807) is 13.8 Å². The summed E-state index contributed by atoms with van der Waals surface area (Å²) in [5.74, 6) is -2.01. The summed E-state index contributed by atoms with van der Waals surface area (Å²) in [6.07, 6.45) is 0. The fourth-order valence-electron chi connectivity index (χ4n) is 1.44. The summed E-state index contributed by atoms with van der Waals surface area (Å²) in [6.45, 7) is 3.97. The summed E-state index contributed by atoms with van der Waals surface area (Å²) >= 11 is 2.85. The SMILES string of the molecule is CCOCC(C)NS(=O)(=O)c1c(F)cc(F)cc1Br. The molecule has 0 heterocycles. The number of hydrogen-bond donors (Lipinski definition) is 1. The van der Waals surface area contributed by atoms with Gasteiger partial charge in [0, 0.05) is 23.2 Å². The molecule has 1 rings (SSSR count). The molecule has 0 saturated heterocycles. The Morgan fingerprint density at radius 1 is 1.42 bits per heavy atom. The molecule has 0 amide bonds. The molecule has 0 fully saturated rings. The van der Waals surface area contributed by atoms with E-state index in [1.807, 2.05) is 0 Å². The number of benzene rings is 1. The molecule has 108 valence electrons. The third-order valence-electron chi connectivity index (χ3n) is 2.16. The second kappa shape index (κ2) is 6.74. The number of hydrogen-bond acceptors (Lipinski definition) is 3. The van der Waals surface area contributed by atoms with E-state index in [1.165, 1.54) is 0 Å². The Bertz CT molecular complexity index is 528. The van der Waals surface area contributed by atoms with Gasteiger partial charge in [-0.05, 0) is 35.8 Å². The van der Waals surface area contributed by atoms with Crippen molar-refractivity contribution in [1.29, 1.82) is 0 Å². The fourth-order valence-corrected chi connectivity index (χ4v) is 3.83. The van der Waals surface area contributed by atoms with Crippen molar-refractivity contribution in [3.05, 3.63) is 28.2 Å². The number of rotatable bonds is 6. The first kappa shape index (κ1) is 16.5. The van der Waals surface area contributed by atoms with E-state index in [-0.39, 0.29) is 11.1 Å². The van der Waals surface area contributed by atoms with Crippen LogP contribution in [0.5, 0.6) is 0 Å². The first-order chi connectivity index (χ1) is 8.77. The molecular weight excluding hydrogens is 344 g/mol. The number of ether oxygens (including phenoxy) is 1. The van der Waals surface area contributed by atoms with Crippen LogP contribution in [0.4, 0.5) is 8.78 Å². The van der Waals surface area contributed by atoms with Crippen LogP contribution < -0.4 is 4.72 Å². The van der Waals surface area contributed by atoms with Gasteiger partial charge < -0.3 is 4.74 Å². The lowest BCUT2D eigenvalue weighted by Crippen LogP contribution is -2.36. The normalized spacial score (nSPS) is 13.5. The van der Waals surface area contributed by atoms with Gasteiger partial charge in [-0.2, -0.15) is 0 Å². The van der Waals surface area contributed by atoms with E-state index < -0.39 is 32.6 Å². The molecule has 0 bridgehead atoms. The summed E-state index contributed by atoms with van der Waals surface area (Å²) in [7, 11) is -4.09. The zero-order chi connectivity index (χ0) is 14.6. The molecule has 1 N–H and O–H groups in total. The maximum Gasteiger partial charge on any atom is 0.244 e. The Morgan fingerprint density at radius 2 is 2.05 bits per heavy atom. The first-order valence-electron chi connectivity index (χ1n) is 5.52. The van der Waals surface area contributed by atoms with Gasteiger partial charge in [0.15, 0.2) is 0 Å². The van der Waals surface area contributed by atoms with Crippen molar-refractivity contribution in [3.63, 3.8) is 0 Å². The molecule has 0 aliphatic rings. The average Bonchev–Trinajstić information content (AvgIpc) is 2.23. The topological polar surface area (TPSA) is 55.4 Å². The third-order valence-corrected chi connectivity index (χ3v) is 4.71. The van der Waals surface area contributed by atoms with Crippen molar-refractivity contribution in [2.24, 2.45) is 0 Å². The third kappa shape index (κ3) is 4.48. The minimum Gasteiger partial charge on any atom is -0.380 e. The van der Waals surface area contributed by atoms with Crippen molar-refractivity contribution in [3.8, 4) is 0 Å². The molecular formula is C11H14BrF2NO3S. The van der Waals surface area contributed by atoms with Crippen molar-refractivity contribution < 1.29 is 21.9 Å². The Morgan fingerprint density at radius 3 is 2.58 bits per heavy atom. The zero-order valence-corrected chi connectivity index (χ0v) is 12.8. The fraction of sp³-hybridized carbons (Fsp3) is 0.455. The summed E-state index contributed by atoms with van der Waals surface area (Å²) < 4.78 is 57.7. The lowest BCUT2D eigenvalue weighted by molar-refractivity contribution is 0.133. The van der Waals surface area contributed by atoms with E-state index >= 15 is 0 Å². The van der Waals surface area contributed by atoms with Crippen molar-refractivity contribution in [2.75, 3.05) is 13.2 Å². The molecule has 0 aliphatic carbocycles. The molecule has 1 atom stereocenters. The van der Waals surface area contributed by atoms with Crippen molar-refractivity contribution in [2.45, 2.75) is 24.8 Å². The van der Waals surface area contributed by atoms with Crippen LogP contribution in [0.2, 0.25) is 0 Å². The van der Waals surface area contributed by atoms with Gasteiger partial charge in [-0.1, -0.05) is 0 Å². The van der Waals surface area contributed by atoms with Crippen LogP contribution in [-0.2, 0) is 14.8 Å². The summed E-state index contributed by atoms with van der Waals surface area (Å²) in [4.78, 5) is -0.614. The Labute approximate surface area is 119 Å². The highest BCUT2D eigenvalue weighted by Gasteiger charge is 2.25. The molecule has 19 heavy (non-hydrogen) atoms. The van der Waals surface area contributed by atoms with E-state index in [0.717, 1.165) is 6.07 Å². The maximum absolute atomic E-state index is 13.6. The predicted octanol–water partition coefficient (Wildman–Crippen LogP) is 2.43. The van der Waals surface area contributed by atoms with E-state index in [4.69, 9.17) is 4.74 Å². The van der Waals surface area contributed by atoms with Gasteiger partial charge in [0.05, 0.1) is 6.61 Å². The first-order valence-corrected chi connectivity index (χ1v) is 7.80. The average molecular weight is 358 g/mol. The Kier molecular flexibility index (Phi) is 5.84. The van der Waals surface area contributed by atoms with Crippen molar-refractivity contribution >= 4 is 26.0 Å². The molecule has 0 aliphatic heterocycles. The van der Waals surface area contributed by atoms with Crippen LogP contribution in [0.1, 0.15) is 13.8 Å². The molecule has 0 radical (unpaired) electrons. The maximum atomic E-state index is 13.6. The molecule has 1 aromatic rings. The van der Waals surface area contributed by atoms with Gasteiger partial charge in [0.2, 0.25) is 10.0 Å². The molecule has 8 heteroatoms. The Balaban J connectivity index is 3.01. The summed E-state index contributed by atoms with van der Waals surface area (Å²) in [6, 6.07) is 0.888. The highest BCUT2D eigenvalue weighted by molar-refractivity contribution is 9.10. The van der Waals surface area contributed by atoms with Crippen LogP contribution in [-0.4, -0.2) is 27.7 Å². The second-order valence-corrected chi connectivity index (χ2v) is 6.39.